The molecule has 0 aromatic heterocycles. The molecule has 2 heteroatoms. The van der Waals surface area contributed by atoms with E-state index in [-0.39, 0.29) is 6.17 Å². The number of nitrogens with zero attached hydrogens (tertiary/aromatic N) is 2. The maximum Gasteiger partial charge on any atom is 0.107 e. The highest BCUT2D eigenvalue weighted by atomic mass is 15.4. The van der Waals surface area contributed by atoms with Crippen LogP contribution in [0.4, 0.5) is 5.69 Å². The van der Waals surface area contributed by atoms with Gasteiger partial charge in [-0.05, 0) is 47.6 Å². The molecule has 42 heavy (non-hydrogen) atoms. The summed E-state index contributed by atoms with van der Waals surface area (Å²) in [5.41, 5.74) is 12.7. The van der Waals surface area contributed by atoms with Crippen LogP contribution >= 0.6 is 0 Å². The third kappa shape index (κ3) is 4.76. The number of hydrogen-bond acceptors (Lipinski definition) is 2. The molecule has 0 radical (unpaired) electrons. The van der Waals surface area contributed by atoms with Gasteiger partial charge in [0, 0.05) is 29.1 Å². The fraction of sp³-hybridized carbons (Fsp3) is 0.100. The van der Waals surface area contributed by atoms with E-state index in [4.69, 9.17) is 0 Å². The molecule has 0 fully saturated rings. The first-order valence-electron chi connectivity index (χ1n) is 14.8. The molecule has 2 aliphatic rings. The van der Waals surface area contributed by atoms with E-state index in [9.17, 15) is 0 Å². The van der Waals surface area contributed by atoms with Gasteiger partial charge in [-0.2, -0.15) is 0 Å². The van der Waals surface area contributed by atoms with Crippen molar-refractivity contribution in [1.82, 2.24) is 4.90 Å². The second-order valence-electron chi connectivity index (χ2n) is 10.9. The van der Waals surface area contributed by atoms with Crippen molar-refractivity contribution < 1.29 is 0 Å². The molecular formula is C40H34N2. The Morgan fingerprint density at radius 1 is 0.500 bits per heavy atom. The van der Waals surface area contributed by atoms with E-state index in [0.717, 1.165) is 12.8 Å². The zero-order valence-electron chi connectivity index (χ0n) is 23.9. The van der Waals surface area contributed by atoms with Crippen LogP contribution in [0.5, 0.6) is 0 Å². The number of hydrogen-bond donors (Lipinski definition) is 0. The summed E-state index contributed by atoms with van der Waals surface area (Å²) in [6, 6.07) is 50.0. The molecule has 0 amide bonds. The van der Waals surface area contributed by atoms with Crippen molar-refractivity contribution in [2.75, 3.05) is 4.90 Å². The molecule has 1 aliphatic heterocycles. The SMILES string of the molecule is CC1N(C2=C(c3ccccc3)CCC=C2c2ccccc2)C=CN1c1c(-c2ccccc2)cccc1-c1ccccc1. The molecule has 1 heterocycles. The maximum absolute atomic E-state index is 2.48. The monoisotopic (exact) mass is 542 g/mol. The van der Waals surface area contributed by atoms with Crippen LogP contribution < -0.4 is 4.90 Å². The molecule has 0 saturated carbocycles. The molecule has 1 atom stereocenters. The third-order valence-corrected chi connectivity index (χ3v) is 8.41. The van der Waals surface area contributed by atoms with Gasteiger partial charge in [-0.15, -0.1) is 0 Å². The van der Waals surface area contributed by atoms with Crippen LogP contribution in [-0.4, -0.2) is 11.1 Å². The average Bonchev–Trinajstić information content (AvgIpc) is 3.45. The molecule has 1 aliphatic carbocycles. The molecular weight excluding hydrogens is 508 g/mol. The highest BCUT2D eigenvalue weighted by Gasteiger charge is 2.33. The van der Waals surface area contributed by atoms with Gasteiger partial charge in [0.15, 0.2) is 0 Å². The van der Waals surface area contributed by atoms with Gasteiger partial charge in [-0.3, -0.25) is 0 Å². The lowest BCUT2D eigenvalue weighted by atomic mass is 9.86. The Morgan fingerprint density at radius 2 is 0.976 bits per heavy atom. The van der Waals surface area contributed by atoms with E-state index < -0.39 is 0 Å². The summed E-state index contributed by atoms with van der Waals surface area (Å²) >= 11 is 0. The second-order valence-corrected chi connectivity index (χ2v) is 10.9. The molecule has 0 spiro atoms. The first-order valence-corrected chi connectivity index (χ1v) is 14.8. The molecule has 2 nitrogen and oxygen atoms in total. The van der Waals surface area contributed by atoms with E-state index in [1.54, 1.807) is 0 Å². The minimum absolute atomic E-state index is 0.0660. The average molecular weight is 543 g/mol. The number of para-hydroxylation sites is 1. The molecule has 0 N–H and O–H groups in total. The maximum atomic E-state index is 2.48. The summed E-state index contributed by atoms with van der Waals surface area (Å²) < 4.78 is 0. The Balaban J connectivity index is 1.38. The van der Waals surface area contributed by atoms with Gasteiger partial charge >= 0.3 is 0 Å². The molecule has 204 valence electrons. The largest absolute Gasteiger partial charge is 0.325 e. The van der Waals surface area contributed by atoms with E-state index in [1.165, 1.54) is 55.9 Å². The van der Waals surface area contributed by atoms with Crippen LogP contribution in [0.1, 0.15) is 30.9 Å². The number of allylic oxidation sites excluding steroid dienone is 3. The van der Waals surface area contributed by atoms with E-state index in [0.29, 0.717) is 0 Å². The van der Waals surface area contributed by atoms with Crippen LogP contribution in [0, 0.1) is 0 Å². The smallest absolute Gasteiger partial charge is 0.107 e. The third-order valence-electron chi connectivity index (χ3n) is 8.41. The molecule has 5 aromatic carbocycles. The Kier molecular flexibility index (Phi) is 7.03. The van der Waals surface area contributed by atoms with Crippen molar-refractivity contribution in [2.24, 2.45) is 0 Å². The zero-order chi connectivity index (χ0) is 28.3. The Morgan fingerprint density at radius 3 is 1.52 bits per heavy atom. The quantitative estimate of drug-likeness (QED) is 0.211. The van der Waals surface area contributed by atoms with Gasteiger partial charge in [-0.25, -0.2) is 0 Å². The molecule has 1 unspecified atom stereocenters. The normalized spacial score (nSPS) is 16.6. The van der Waals surface area contributed by atoms with Crippen LogP contribution in [0.2, 0.25) is 0 Å². The van der Waals surface area contributed by atoms with Gasteiger partial charge in [0.05, 0.1) is 11.4 Å². The number of benzene rings is 5. The van der Waals surface area contributed by atoms with Gasteiger partial charge in [0.25, 0.3) is 0 Å². The van der Waals surface area contributed by atoms with Gasteiger partial charge in [0.2, 0.25) is 0 Å². The summed E-state index contributed by atoms with van der Waals surface area (Å²) in [7, 11) is 0. The molecule has 7 rings (SSSR count). The summed E-state index contributed by atoms with van der Waals surface area (Å²) in [4.78, 5) is 4.94. The predicted molar refractivity (Wildman–Crippen MR) is 177 cm³/mol. The van der Waals surface area contributed by atoms with Crippen molar-refractivity contribution in [3.8, 4) is 22.3 Å². The van der Waals surface area contributed by atoms with Crippen LogP contribution in [-0.2, 0) is 0 Å². The Hall–Kier alpha value is -5.08. The minimum Gasteiger partial charge on any atom is -0.325 e. The van der Waals surface area contributed by atoms with Crippen molar-refractivity contribution in [2.45, 2.75) is 25.9 Å². The first-order chi connectivity index (χ1) is 20.8. The summed E-state index contributed by atoms with van der Waals surface area (Å²) in [5, 5.41) is 0. The lowest BCUT2D eigenvalue weighted by Crippen LogP contribution is -2.37. The zero-order valence-corrected chi connectivity index (χ0v) is 23.9. The number of anilines is 1. The molecule has 0 saturated heterocycles. The standard InChI is InChI=1S/C40H34N2/c1-30-41(39-35(31-16-6-2-7-17-31)24-14-25-36(39)32-18-8-3-9-19-32)28-29-42(30)40-37(33-20-10-4-11-21-33)26-15-27-38(40)34-22-12-5-13-23-34/h2-14,16-26,28-30H,15,27H2,1H3. The van der Waals surface area contributed by atoms with Crippen molar-refractivity contribution >= 4 is 16.8 Å². The second kappa shape index (κ2) is 11.4. The van der Waals surface area contributed by atoms with Crippen LogP contribution in [0.25, 0.3) is 33.4 Å². The number of rotatable bonds is 6. The van der Waals surface area contributed by atoms with Gasteiger partial charge < -0.3 is 9.80 Å². The van der Waals surface area contributed by atoms with Crippen molar-refractivity contribution in [1.29, 1.82) is 0 Å². The Labute approximate surface area is 249 Å². The van der Waals surface area contributed by atoms with Crippen molar-refractivity contribution in [3.05, 3.63) is 175 Å². The summed E-state index contributed by atoms with van der Waals surface area (Å²) in [6.07, 6.45) is 9.09. The highest BCUT2D eigenvalue weighted by molar-refractivity contribution is 5.94. The Bertz CT molecular complexity index is 1710. The predicted octanol–water partition coefficient (Wildman–Crippen LogP) is 10.2. The topological polar surface area (TPSA) is 6.48 Å². The van der Waals surface area contributed by atoms with Gasteiger partial charge in [0.1, 0.15) is 6.17 Å². The minimum atomic E-state index is 0.0660. The highest BCUT2D eigenvalue weighted by Crippen LogP contribution is 2.46. The van der Waals surface area contributed by atoms with Crippen molar-refractivity contribution in [3.63, 3.8) is 0 Å². The van der Waals surface area contributed by atoms with E-state index in [2.05, 4.69) is 175 Å². The van der Waals surface area contributed by atoms with Gasteiger partial charge in [-0.1, -0.05) is 146 Å². The van der Waals surface area contributed by atoms with Crippen LogP contribution in [0.15, 0.2) is 164 Å². The fourth-order valence-electron chi connectivity index (χ4n) is 6.40. The summed E-state index contributed by atoms with van der Waals surface area (Å²) in [5.74, 6) is 0. The lowest BCUT2D eigenvalue weighted by molar-refractivity contribution is 0.404. The fourth-order valence-corrected chi connectivity index (χ4v) is 6.40. The first kappa shape index (κ1) is 25.9. The van der Waals surface area contributed by atoms with Crippen LogP contribution in [0.3, 0.4) is 0 Å². The summed E-state index contributed by atoms with van der Waals surface area (Å²) in [6.45, 7) is 2.32. The molecule has 0 bridgehead atoms. The van der Waals surface area contributed by atoms with E-state index in [1.807, 2.05) is 0 Å². The van der Waals surface area contributed by atoms with E-state index >= 15 is 0 Å². The lowest BCUT2D eigenvalue weighted by Gasteiger charge is -2.37. The molecule has 5 aromatic rings.